The first-order valence-corrected chi connectivity index (χ1v) is 9.21. The maximum absolute atomic E-state index is 12.4. The number of rotatable bonds is 4. The molecule has 3 heteroatoms. The number of likely N-dealkylation sites (tertiary alicyclic amines) is 1. The number of nitrogens with one attached hydrogen (secondary N) is 1. The summed E-state index contributed by atoms with van der Waals surface area (Å²) >= 11 is 0. The quantitative estimate of drug-likeness (QED) is 0.871. The standard InChI is InChI=1S/C22H28N2O/c1-16-10-12-24(13-11-16)15-19-5-7-20(8-6-19)22(25)23-21-9-4-17(2)18(3)14-21/h4-9,14,16H,10-13,15H2,1-3H3,(H,23,25). The van der Waals surface area contributed by atoms with Crippen molar-refractivity contribution < 1.29 is 4.79 Å². The third-order valence-electron chi connectivity index (χ3n) is 5.26. The molecule has 2 aromatic carbocycles. The Bertz CT molecular complexity index is 728. The van der Waals surface area contributed by atoms with E-state index in [0.29, 0.717) is 5.56 Å². The highest BCUT2D eigenvalue weighted by molar-refractivity contribution is 6.04. The van der Waals surface area contributed by atoms with E-state index in [1.165, 1.54) is 42.6 Å². The first kappa shape index (κ1) is 17.7. The van der Waals surface area contributed by atoms with Crippen molar-refractivity contribution in [3.05, 3.63) is 64.7 Å². The molecule has 132 valence electrons. The second-order valence-corrected chi connectivity index (χ2v) is 7.41. The van der Waals surface area contributed by atoms with Gasteiger partial charge < -0.3 is 5.32 Å². The summed E-state index contributed by atoms with van der Waals surface area (Å²) in [6.07, 6.45) is 2.58. The molecule has 1 fully saturated rings. The Morgan fingerprint density at radius 1 is 1.04 bits per heavy atom. The number of nitrogens with zero attached hydrogens (tertiary/aromatic N) is 1. The minimum Gasteiger partial charge on any atom is -0.322 e. The normalized spacial score (nSPS) is 16.0. The van der Waals surface area contributed by atoms with Gasteiger partial charge in [0, 0.05) is 17.8 Å². The average Bonchev–Trinajstić information content (AvgIpc) is 2.61. The number of carbonyl (C=O) groups is 1. The van der Waals surface area contributed by atoms with Gasteiger partial charge in [0.05, 0.1) is 0 Å². The van der Waals surface area contributed by atoms with Gasteiger partial charge >= 0.3 is 0 Å². The van der Waals surface area contributed by atoms with Gasteiger partial charge in [0.25, 0.3) is 5.91 Å². The Hall–Kier alpha value is -2.13. The lowest BCUT2D eigenvalue weighted by atomic mass is 9.99. The summed E-state index contributed by atoms with van der Waals surface area (Å²) in [6.45, 7) is 9.79. The molecular formula is C22H28N2O. The van der Waals surface area contributed by atoms with Gasteiger partial charge in [-0.05, 0) is 86.7 Å². The molecule has 1 N–H and O–H groups in total. The molecule has 1 aliphatic heterocycles. The van der Waals surface area contributed by atoms with Crippen molar-refractivity contribution in [3.8, 4) is 0 Å². The third-order valence-corrected chi connectivity index (χ3v) is 5.26. The molecule has 0 atom stereocenters. The van der Waals surface area contributed by atoms with Crippen molar-refractivity contribution in [2.75, 3.05) is 18.4 Å². The molecule has 0 bridgehead atoms. The molecule has 0 aromatic heterocycles. The predicted molar refractivity (Wildman–Crippen MR) is 104 cm³/mol. The van der Waals surface area contributed by atoms with Crippen molar-refractivity contribution in [3.63, 3.8) is 0 Å². The molecule has 1 saturated heterocycles. The number of hydrogen-bond acceptors (Lipinski definition) is 2. The summed E-state index contributed by atoms with van der Waals surface area (Å²) in [6, 6.07) is 14.0. The zero-order valence-corrected chi connectivity index (χ0v) is 15.5. The summed E-state index contributed by atoms with van der Waals surface area (Å²) in [5.74, 6) is 0.800. The topological polar surface area (TPSA) is 32.3 Å². The number of aryl methyl sites for hydroxylation is 2. The molecule has 2 aromatic rings. The summed E-state index contributed by atoms with van der Waals surface area (Å²) in [4.78, 5) is 14.9. The first-order chi connectivity index (χ1) is 12.0. The molecule has 1 heterocycles. The molecule has 0 saturated carbocycles. The van der Waals surface area contributed by atoms with E-state index in [-0.39, 0.29) is 5.91 Å². The van der Waals surface area contributed by atoms with E-state index >= 15 is 0 Å². The number of amides is 1. The van der Waals surface area contributed by atoms with Gasteiger partial charge in [-0.15, -0.1) is 0 Å². The van der Waals surface area contributed by atoms with Crippen molar-refractivity contribution in [2.24, 2.45) is 5.92 Å². The average molecular weight is 336 g/mol. The Labute approximate surface area is 151 Å². The van der Waals surface area contributed by atoms with Crippen LogP contribution in [0.15, 0.2) is 42.5 Å². The van der Waals surface area contributed by atoms with Crippen molar-refractivity contribution in [1.82, 2.24) is 4.90 Å². The van der Waals surface area contributed by atoms with Gasteiger partial charge in [-0.2, -0.15) is 0 Å². The summed E-state index contributed by atoms with van der Waals surface area (Å²) in [5, 5.41) is 2.98. The van der Waals surface area contributed by atoms with Crippen LogP contribution < -0.4 is 5.32 Å². The Balaban J connectivity index is 1.59. The highest BCUT2D eigenvalue weighted by Crippen LogP contribution is 2.19. The number of piperidine rings is 1. The van der Waals surface area contributed by atoms with Crippen LogP contribution in [0.2, 0.25) is 0 Å². The monoisotopic (exact) mass is 336 g/mol. The molecule has 0 radical (unpaired) electrons. The van der Waals surface area contributed by atoms with Crippen LogP contribution in [0.25, 0.3) is 0 Å². The smallest absolute Gasteiger partial charge is 0.255 e. The van der Waals surface area contributed by atoms with Gasteiger partial charge in [0.1, 0.15) is 0 Å². The molecule has 3 rings (SSSR count). The Morgan fingerprint density at radius 3 is 2.36 bits per heavy atom. The number of hydrogen-bond donors (Lipinski definition) is 1. The van der Waals surface area contributed by atoms with E-state index in [9.17, 15) is 4.79 Å². The predicted octanol–water partition coefficient (Wildman–Crippen LogP) is 4.79. The lowest BCUT2D eigenvalue weighted by Crippen LogP contribution is -2.32. The van der Waals surface area contributed by atoms with Crippen molar-refractivity contribution in [1.29, 1.82) is 0 Å². The molecule has 25 heavy (non-hydrogen) atoms. The first-order valence-electron chi connectivity index (χ1n) is 9.21. The summed E-state index contributed by atoms with van der Waals surface area (Å²) < 4.78 is 0. The highest BCUT2D eigenvalue weighted by atomic mass is 16.1. The molecule has 0 unspecified atom stereocenters. The largest absolute Gasteiger partial charge is 0.322 e. The zero-order valence-electron chi connectivity index (χ0n) is 15.5. The van der Waals surface area contributed by atoms with E-state index in [2.05, 4.69) is 43.1 Å². The van der Waals surface area contributed by atoms with Crippen LogP contribution >= 0.6 is 0 Å². The van der Waals surface area contributed by atoms with Gasteiger partial charge in [-0.3, -0.25) is 9.69 Å². The lowest BCUT2D eigenvalue weighted by Gasteiger charge is -2.30. The third kappa shape index (κ3) is 4.70. The van der Waals surface area contributed by atoms with Crippen LogP contribution in [0.4, 0.5) is 5.69 Å². The van der Waals surface area contributed by atoms with E-state index in [1.807, 2.05) is 30.3 Å². The molecule has 0 aliphatic carbocycles. The summed E-state index contributed by atoms with van der Waals surface area (Å²) in [5.41, 5.74) is 5.24. The van der Waals surface area contributed by atoms with E-state index in [0.717, 1.165) is 18.2 Å². The molecule has 1 amide bonds. The maximum atomic E-state index is 12.4. The SMILES string of the molecule is Cc1ccc(NC(=O)c2ccc(CN3CCC(C)CC3)cc2)cc1C. The lowest BCUT2D eigenvalue weighted by molar-refractivity contribution is 0.102. The van der Waals surface area contributed by atoms with Crippen LogP contribution in [-0.2, 0) is 6.54 Å². The van der Waals surface area contributed by atoms with Crippen LogP contribution in [-0.4, -0.2) is 23.9 Å². The second kappa shape index (κ2) is 7.83. The van der Waals surface area contributed by atoms with Crippen LogP contribution in [0.1, 0.15) is 46.8 Å². The van der Waals surface area contributed by atoms with Gasteiger partial charge in [-0.25, -0.2) is 0 Å². The Morgan fingerprint density at radius 2 is 1.72 bits per heavy atom. The van der Waals surface area contributed by atoms with Crippen molar-refractivity contribution >= 4 is 11.6 Å². The Kier molecular flexibility index (Phi) is 5.54. The van der Waals surface area contributed by atoms with E-state index < -0.39 is 0 Å². The summed E-state index contributed by atoms with van der Waals surface area (Å²) in [7, 11) is 0. The fourth-order valence-electron chi connectivity index (χ4n) is 3.26. The number of anilines is 1. The van der Waals surface area contributed by atoms with Crippen LogP contribution in [0, 0.1) is 19.8 Å². The minimum absolute atomic E-state index is 0.0541. The number of carbonyl (C=O) groups excluding carboxylic acids is 1. The van der Waals surface area contributed by atoms with Gasteiger partial charge in [0.2, 0.25) is 0 Å². The molecule has 1 aliphatic rings. The highest BCUT2D eigenvalue weighted by Gasteiger charge is 2.15. The van der Waals surface area contributed by atoms with Crippen LogP contribution in [0.5, 0.6) is 0 Å². The molecular weight excluding hydrogens is 308 g/mol. The minimum atomic E-state index is -0.0541. The zero-order chi connectivity index (χ0) is 17.8. The second-order valence-electron chi connectivity index (χ2n) is 7.41. The van der Waals surface area contributed by atoms with Gasteiger partial charge in [-0.1, -0.05) is 25.1 Å². The molecule has 3 nitrogen and oxygen atoms in total. The maximum Gasteiger partial charge on any atom is 0.255 e. The molecule has 0 spiro atoms. The van der Waals surface area contributed by atoms with E-state index in [1.54, 1.807) is 0 Å². The van der Waals surface area contributed by atoms with Gasteiger partial charge in [0.15, 0.2) is 0 Å². The number of benzene rings is 2. The fourth-order valence-corrected chi connectivity index (χ4v) is 3.26. The van der Waals surface area contributed by atoms with Crippen molar-refractivity contribution in [2.45, 2.75) is 40.2 Å². The fraction of sp³-hybridized carbons (Fsp3) is 0.409. The van der Waals surface area contributed by atoms with Crippen LogP contribution in [0.3, 0.4) is 0 Å². The van der Waals surface area contributed by atoms with E-state index in [4.69, 9.17) is 0 Å².